The van der Waals surface area contributed by atoms with Gasteiger partial charge in [-0.25, -0.2) is 9.97 Å². The molecule has 6 nitrogen and oxygen atoms in total. The molecule has 2 heterocycles. The first-order valence-electron chi connectivity index (χ1n) is 13.6. The van der Waals surface area contributed by atoms with Gasteiger partial charge < -0.3 is 14.6 Å². The van der Waals surface area contributed by atoms with Crippen LogP contribution in [0.25, 0.3) is 22.3 Å². The highest BCUT2D eigenvalue weighted by Crippen LogP contribution is 2.33. The molecule has 0 amide bonds. The van der Waals surface area contributed by atoms with E-state index in [0.717, 1.165) is 64.5 Å². The molecule has 1 aliphatic carbocycles. The summed E-state index contributed by atoms with van der Waals surface area (Å²) in [5.74, 6) is 1.74. The van der Waals surface area contributed by atoms with E-state index in [4.69, 9.17) is 16.3 Å². The summed E-state index contributed by atoms with van der Waals surface area (Å²) in [6, 6.07) is 16.2. The van der Waals surface area contributed by atoms with Crippen molar-refractivity contribution >= 4 is 28.4 Å². The number of carbonyl (C=O) groups excluding carboxylic acids is 1. The fourth-order valence-corrected chi connectivity index (χ4v) is 5.09. The third kappa shape index (κ3) is 6.61. The molecule has 0 bridgehead atoms. The van der Waals surface area contributed by atoms with E-state index in [9.17, 15) is 4.79 Å². The Hall–Kier alpha value is -3.22. The molecule has 5 rings (SSSR count). The molecule has 38 heavy (non-hydrogen) atoms. The molecule has 0 aliphatic heterocycles. The number of likely N-dealkylation sites (N-methyl/N-ethyl adjacent to an activating group) is 1. The van der Waals surface area contributed by atoms with Crippen LogP contribution in [0.3, 0.4) is 0 Å². The maximum Gasteiger partial charge on any atom is 0.141 e. The summed E-state index contributed by atoms with van der Waals surface area (Å²) < 4.78 is 5.93. The van der Waals surface area contributed by atoms with Crippen molar-refractivity contribution in [3.63, 3.8) is 0 Å². The molecule has 1 N–H and O–H groups in total. The minimum Gasteiger partial charge on any atom is -0.492 e. The first kappa shape index (κ1) is 26.4. The predicted octanol–water partition coefficient (Wildman–Crippen LogP) is 6.50. The number of H-pyrrole nitrogens is 1. The topological polar surface area (TPSA) is 71.1 Å². The number of hydrogen-bond donors (Lipinski definition) is 1. The molecule has 0 unspecified atom stereocenters. The lowest BCUT2D eigenvalue weighted by Crippen LogP contribution is -2.27. The number of halogens is 1. The number of ketones is 1. The van der Waals surface area contributed by atoms with Crippen molar-refractivity contribution in [1.29, 1.82) is 0 Å². The summed E-state index contributed by atoms with van der Waals surface area (Å²) in [6.45, 7) is 7.99. The number of fused-ring (bicyclic) bond motifs is 1. The van der Waals surface area contributed by atoms with Gasteiger partial charge in [-0.2, -0.15) is 0 Å². The minimum absolute atomic E-state index is 0.277. The quantitative estimate of drug-likeness (QED) is 0.213. The van der Waals surface area contributed by atoms with Gasteiger partial charge in [-0.1, -0.05) is 37.6 Å². The number of nitrogens with zero attached hydrogens (tertiary/aromatic N) is 3. The zero-order valence-electron chi connectivity index (χ0n) is 22.2. The third-order valence-electron chi connectivity index (χ3n) is 7.33. The molecule has 0 radical (unpaired) electrons. The predicted molar refractivity (Wildman–Crippen MR) is 153 cm³/mol. The molecule has 1 fully saturated rings. The van der Waals surface area contributed by atoms with Gasteiger partial charge in [0.15, 0.2) is 0 Å². The minimum atomic E-state index is 0.277. The van der Waals surface area contributed by atoms with Crippen LogP contribution >= 0.6 is 11.6 Å². The molecular formula is C31H35ClN4O2. The Morgan fingerprint density at radius 3 is 2.58 bits per heavy atom. The van der Waals surface area contributed by atoms with Crippen molar-refractivity contribution in [3.8, 4) is 17.0 Å². The van der Waals surface area contributed by atoms with Gasteiger partial charge in [-0.3, -0.25) is 4.79 Å². The Bertz CT molecular complexity index is 1390. The monoisotopic (exact) mass is 530 g/mol. The number of aromatic nitrogens is 3. The number of hydrogen-bond acceptors (Lipinski definition) is 5. The first-order chi connectivity index (χ1) is 18.5. The van der Waals surface area contributed by atoms with E-state index in [1.807, 2.05) is 30.3 Å². The summed E-state index contributed by atoms with van der Waals surface area (Å²) >= 11 is 6.57. The normalized spacial score (nSPS) is 13.4. The van der Waals surface area contributed by atoms with Crippen LogP contribution in [0.1, 0.15) is 49.9 Å². The highest BCUT2D eigenvalue weighted by molar-refractivity contribution is 6.31. The Labute approximate surface area is 229 Å². The standard InChI is InChI=1S/C31H35ClN4O2/c1-3-36(4-2)13-14-38-26-11-9-23(10-12-26)29-19-27-30(33-20-34-31(27)35-29)17-22-7-8-24(28(32)16-22)18-25(37)15-21-5-6-21/h7-12,16,19-21H,3-6,13-15,17-18H2,1-2H3,(H,33,34,35). The average molecular weight is 531 g/mol. The highest BCUT2D eigenvalue weighted by atomic mass is 35.5. The smallest absolute Gasteiger partial charge is 0.141 e. The molecule has 2 aromatic carbocycles. The summed E-state index contributed by atoms with van der Waals surface area (Å²) in [7, 11) is 0. The van der Waals surface area contributed by atoms with Gasteiger partial charge in [-0.15, -0.1) is 0 Å². The van der Waals surface area contributed by atoms with Gasteiger partial charge in [0.25, 0.3) is 0 Å². The van der Waals surface area contributed by atoms with Crippen molar-refractivity contribution in [2.75, 3.05) is 26.2 Å². The van der Waals surface area contributed by atoms with Gasteiger partial charge in [-0.05, 0) is 84.9 Å². The van der Waals surface area contributed by atoms with Gasteiger partial charge in [0, 0.05) is 41.9 Å². The van der Waals surface area contributed by atoms with E-state index >= 15 is 0 Å². The molecule has 0 atom stereocenters. The maximum atomic E-state index is 12.3. The number of Topliss-reactive ketones (excluding diaryl/α,β-unsaturated/α-hetero) is 1. The highest BCUT2D eigenvalue weighted by Gasteiger charge is 2.24. The van der Waals surface area contributed by atoms with Crippen LogP contribution in [0.5, 0.6) is 5.75 Å². The van der Waals surface area contributed by atoms with Crippen LogP contribution in [0, 0.1) is 5.92 Å². The van der Waals surface area contributed by atoms with E-state index in [-0.39, 0.29) is 5.78 Å². The lowest BCUT2D eigenvalue weighted by atomic mass is 10.0. The van der Waals surface area contributed by atoms with Gasteiger partial charge in [0.2, 0.25) is 0 Å². The van der Waals surface area contributed by atoms with Gasteiger partial charge in [0.1, 0.15) is 30.1 Å². The molecule has 198 valence electrons. The van der Waals surface area contributed by atoms with E-state index in [2.05, 4.69) is 51.9 Å². The zero-order chi connectivity index (χ0) is 26.5. The number of rotatable bonds is 13. The number of aromatic amines is 1. The second-order valence-electron chi connectivity index (χ2n) is 10.1. The van der Waals surface area contributed by atoms with E-state index in [1.54, 1.807) is 6.33 Å². The number of nitrogens with one attached hydrogen (secondary N) is 1. The fourth-order valence-electron chi connectivity index (χ4n) is 4.82. The van der Waals surface area contributed by atoms with Crippen LogP contribution < -0.4 is 4.74 Å². The number of carbonyl (C=O) groups is 1. The lowest BCUT2D eigenvalue weighted by molar-refractivity contribution is -0.118. The van der Waals surface area contributed by atoms with E-state index < -0.39 is 0 Å². The molecule has 0 spiro atoms. The Balaban J connectivity index is 1.26. The lowest BCUT2D eigenvalue weighted by Gasteiger charge is -2.18. The van der Waals surface area contributed by atoms with Crippen molar-refractivity contribution in [2.24, 2.45) is 5.92 Å². The molecule has 7 heteroatoms. The summed E-state index contributed by atoms with van der Waals surface area (Å²) in [6.07, 6.45) is 5.68. The SMILES string of the molecule is CCN(CC)CCOc1ccc(-c2cc3c(Cc4ccc(CC(=O)CC5CC5)c(Cl)c4)ncnc3[nH]2)cc1. The van der Waals surface area contributed by atoms with Gasteiger partial charge in [0.05, 0.1) is 5.69 Å². The Morgan fingerprint density at radius 1 is 1.08 bits per heavy atom. The van der Waals surface area contributed by atoms with Crippen LogP contribution in [0.2, 0.25) is 5.02 Å². The van der Waals surface area contributed by atoms with Crippen molar-refractivity contribution in [2.45, 2.75) is 46.0 Å². The summed E-state index contributed by atoms with van der Waals surface area (Å²) in [5.41, 5.74) is 5.74. The van der Waals surface area contributed by atoms with Crippen LogP contribution in [-0.4, -0.2) is 51.9 Å². The molecule has 0 saturated heterocycles. The van der Waals surface area contributed by atoms with Crippen molar-refractivity contribution in [3.05, 3.63) is 76.7 Å². The van der Waals surface area contributed by atoms with Gasteiger partial charge >= 0.3 is 0 Å². The first-order valence-corrected chi connectivity index (χ1v) is 14.0. The Kier molecular flexibility index (Phi) is 8.40. The largest absolute Gasteiger partial charge is 0.492 e. The van der Waals surface area contributed by atoms with Crippen LogP contribution in [0.4, 0.5) is 0 Å². The second-order valence-corrected chi connectivity index (χ2v) is 10.5. The van der Waals surface area contributed by atoms with Crippen molar-refractivity contribution < 1.29 is 9.53 Å². The molecule has 4 aromatic rings. The van der Waals surface area contributed by atoms with Crippen LogP contribution in [-0.2, 0) is 17.6 Å². The molecule has 1 aliphatic rings. The van der Waals surface area contributed by atoms with Crippen LogP contribution in [0.15, 0.2) is 54.9 Å². The second kappa shape index (κ2) is 12.1. The number of benzene rings is 2. The third-order valence-corrected chi connectivity index (χ3v) is 7.69. The fraction of sp³-hybridized carbons (Fsp3) is 0.387. The molecular weight excluding hydrogens is 496 g/mol. The molecule has 1 saturated carbocycles. The van der Waals surface area contributed by atoms with E-state index in [1.165, 1.54) is 12.8 Å². The van der Waals surface area contributed by atoms with Crippen molar-refractivity contribution in [1.82, 2.24) is 19.9 Å². The maximum absolute atomic E-state index is 12.3. The average Bonchev–Trinajstić information content (AvgIpc) is 3.62. The molecule has 2 aromatic heterocycles. The van der Waals surface area contributed by atoms with E-state index in [0.29, 0.717) is 36.8 Å². The zero-order valence-corrected chi connectivity index (χ0v) is 22.9. The summed E-state index contributed by atoms with van der Waals surface area (Å²) in [4.78, 5) is 27.1. The number of ether oxygens (including phenoxy) is 1. The Morgan fingerprint density at radius 2 is 1.87 bits per heavy atom. The summed E-state index contributed by atoms with van der Waals surface area (Å²) in [5, 5.41) is 1.63.